The molecule has 0 spiro atoms. The van der Waals surface area contributed by atoms with E-state index in [9.17, 15) is 9.59 Å². The fourth-order valence-electron chi connectivity index (χ4n) is 1.14. The van der Waals surface area contributed by atoms with Crippen molar-refractivity contribution in [2.75, 3.05) is 0 Å². The maximum absolute atomic E-state index is 11.0. The minimum absolute atomic E-state index is 0.106. The number of rotatable bonds is 3. The van der Waals surface area contributed by atoms with Gasteiger partial charge in [-0.05, 0) is 12.3 Å². The van der Waals surface area contributed by atoms with Crippen molar-refractivity contribution >= 4 is 11.8 Å². The normalized spacial score (nSPS) is 17.3. The highest BCUT2D eigenvalue weighted by atomic mass is 16.5. The third-order valence-electron chi connectivity index (χ3n) is 1.85. The molecule has 13 heavy (non-hydrogen) atoms. The van der Waals surface area contributed by atoms with E-state index in [0.29, 0.717) is 18.1 Å². The highest BCUT2D eigenvalue weighted by Gasteiger charge is 2.18. The summed E-state index contributed by atoms with van der Waals surface area (Å²) < 4.78 is 4.91. The molecule has 3 nitrogen and oxygen atoms in total. The van der Waals surface area contributed by atoms with Crippen LogP contribution in [0.25, 0.3) is 0 Å². The van der Waals surface area contributed by atoms with Crippen molar-refractivity contribution in [3.05, 3.63) is 11.8 Å². The van der Waals surface area contributed by atoms with Crippen molar-refractivity contribution < 1.29 is 14.3 Å². The van der Waals surface area contributed by atoms with Crippen LogP contribution in [0.15, 0.2) is 11.8 Å². The van der Waals surface area contributed by atoms with Crippen LogP contribution in [0.4, 0.5) is 0 Å². The van der Waals surface area contributed by atoms with E-state index in [-0.39, 0.29) is 12.2 Å². The van der Waals surface area contributed by atoms with E-state index in [4.69, 9.17) is 4.74 Å². The van der Waals surface area contributed by atoms with Crippen LogP contribution in [0.3, 0.4) is 0 Å². The van der Waals surface area contributed by atoms with Gasteiger partial charge in [0, 0.05) is 12.5 Å². The number of cyclic esters (lactones) is 1. The van der Waals surface area contributed by atoms with Crippen LogP contribution in [0.1, 0.15) is 33.1 Å². The Kier molecular flexibility index (Phi) is 3.23. The van der Waals surface area contributed by atoms with Gasteiger partial charge in [-0.25, -0.2) is 0 Å². The number of hydrogen-bond donors (Lipinski definition) is 0. The molecule has 0 aliphatic carbocycles. The summed E-state index contributed by atoms with van der Waals surface area (Å²) in [5.74, 6) is 0.507. The standard InChI is InChI=1S/C10H14O3/c1-7(2)3-4-9-5-8(11)6-10(12)13-9/h5,7H,3-4,6H2,1-2H3. The largest absolute Gasteiger partial charge is 0.431 e. The summed E-state index contributed by atoms with van der Waals surface area (Å²) in [6, 6.07) is 0. The number of carbonyl (C=O) groups is 2. The molecule has 0 N–H and O–H groups in total. The molecule has 0 bridgehead atoms. The van der Waals surface area contributed by atoms with Crippen LogP contribution >= 0.6 is 0 Å². The van der Waals surface area contributed by atoms with Crippen LogP contribution in [0, 0.1) is 5.92 Å². The summed E-state index contributed by atoms with van der Waals surface area (Å²) in [7, 11) is 0. The van der Waals surface area contributed by atoms with E-state index in [0.717, 1.165) is 6.42 Å². The minimum Gasteiger partial charge on any atom is -0.431 e. The van der Waals surface area contributed by atoms with Gasteiger partial charge in [0.05, 0.1) is 0 Å². The Morgan fingerprint density at radius 2 is 2.15 bits per heavy atom. The monoisotopic (exact) mass is 182 g/mol. The molecule has 0 aromatic carbocycles. The highest BCUT2D eigenvalue weighted by Crippen LogP contribution is 2.16. The van der Waals surface area contributed by atoms with Crippen molar-refractivity contribution in [2.45, 2.75) is 33.1 Å². The number of allylic oxidation sites excluding steroid dienone is 2. The fourth-order valence-corrected chi connectivity index (χ4v) is 1.14. The zero-order valence-electron chi connectivity index (χ0n) is 8.00. The Labute approximate surface area is 77.8 Å². The van der Waals surface area contributed by atoms with E-state index in [1.165, 1.54) is 6.08 Å². The molecule has 0 atom stereocenters. The van der Waals surface area contributed by atoms with Crippen molar-refractivity contribution in [3.63, 3.8) is 0 Å². The number of hydrogen-bond acceptors (Lipinski definition) is 3. The molecule has 0 saturated heterocycles. The lowest BCUT2D eigenvalue weighted by molar-refractivity contribution is -0.143. The second kappa shape index (κ2) is 4.21. The van der Waals surface area contributed by atoms with Crippen molar-refractivity contribution in [1.82, 2.24) is 0 Å². The van der Waals surface area contributed by atoms with Gasteiger partial charge in [0.2, 0.25) is 0 Å². The predicted molar refractivity (Wildman–Crippen MR) is 47.9 cm³/mol. The summed E-state index contributed by atoms with van der Waals surface area (Å²) in [5.41, 5.74) is 0. The number of ketones is 1. The third-order valence-corrected chi connectivity index (χ3v) is 1.85. The van der Waals surface area contributed by atoms with Gasteiger partial charge in [0.1, 0.15) is 12.2 Å². The van der Waals surface area contributed by atoms with Gasteiger partial charge in [0.25, 0.3) is 0 Å². The van der Waals surface area contributed by atoms with Gasteiger partial charge >= 0.3 is 5.97 Å². The Bertz CT molecular complexity index is 251. The summed E-state index contributed by atoms with van der Waals surface area (Å²) in [5, 5.41) is 0. The Hall–Kier alpha value is -1.12. The first-order chi connectivity index (χ1) is 6.08. The summed E-state index contributed by atoms with van der Waals surface area (Å²) in [6.45, 7) is 4.18. The molecular weight excluding hydrogens is 168 g/mol. The van der Waals surface area contributed by atoms with Crippen molar-refractivity contribution in [1.29, 1.82) is 0 Å². The van der Waals surface area contributed by atoms with Crippen LogP contribution in [-0.4, -0.2) is 11.8 Å². The highest BCUT2D eigenvalue weighted by molar-refractivity contribution is 6.04. The molecule has 0 aromatic rings. The van der Waals surface area contributed by atoms with Crippen molar-refractivity contribution in [2.24, 2.45) is 5.92 Å². The predicted octanol–water partition coefficient (Wildman–Crippen LogP) is 1.82. The second-order valence-corrected chi connectivity index (χ2v) is 3.66. The number of ether oxygens (including phenoxy) is 1. The average Bonchev–Trinajstić information content (AvgIpc) is 1.99. The first kappa shape index (κ1) is 9.96. The Morgan fingerprint density at radius 3 is 2.69 bits per heavy atom. The van der Waals surface area contributed by atoms with E-state index < -0.39 is 5.97 Å². The van der Waals surface area contributed by atoms with Gasteiger partial charge in [-0.15, -0.1) is 0 Å². The van der Waals surface area contributed by atoms with Crippen molar-refractivity contribution in [3.8, 4) is 0 Å². The van der Waals surface area contributed by atoms with Gasteiger partial charge in [-0.2, -0.15) is 0 Å². The zero-order valence-corrected chi connectivity index (χ0v) is 8.00. The van der Waals surface area contributed by atoms with Gasteiger partial charge in [0.15, 0.2) is 5.78 Å². The van der Waals surface area contributed by atoms with Crippen LogP contribution in [0.2, 0.25) is 0 Å². The number of carbonyl (C=O) groups excluding carboxylic acids is 2. The molecule has 0 unspecified atom stereocenters. The van der Waals surface area contributed by atoms with E-state index in [1.54, 1.807) is 0 Å². The Balaban J connectivity index is 2.49. The lowest BCUT2D eigenvalue weighted by atomic mass is 10.1. The Morgan fingerprint density at radius 1 is 1.46 bits per heavy atom. The topological polar surface area (TPSA) is 43.4 Å². The van der Waals surface area contributed by atoms with E-state index >= 15 is 0 Å². The maximum Gasteiger partial charge on any atom is 0.318 e. The lowest BCUT2D eigenvalue weighted by Gasteiger charge is -2.13. The first-order valence-electron chi connectivity index (χ1n) is 4.52. The lowest BCUT2D eigenvalue weighted by Crippen LogP contribution is -2.16. The van der Waals surface area contributed by atoms with Gasteiger partial charge < -0.3 is 4.74 Å². The first-order valence-corrected chi connectivity index (χ1v) is 4.52. The molecule has 0 aromatic heterocycles. The van der Waals surface area contributed by atoms with Crippen LogP contribution in [0.5, 0.6) is 0 Å². The molecule has 0 radical (unpaired) electrons. The molecule has 3 heteroatoms. The zero-order chi connectivity index (χ0) is 9.84. The van der Waals surface area contributed by atoms with Crippen LogP contribution in [-0.2, 0) is 14.3 Å². The smallest absolute Gasteiger partial charge is 0.318 e. The van der Waals surface area contributed by atoms with Gasteiger partial charge in [-0.3, -0.25) is 9.59 Å². The molecule has 0 fully saturated rings. The fraction of sp³-hybridized carbons (Fsp3) is 0.600. The average molecular weight is 182 g/mol. The third kappa shape index (κ3) is 3.40. The minimum atomic E-state index is -0.425. The summed E-state index contributed by atoms with van der Waals surface area (Å²) >= 11 is 0. The summed E-state index contributed by atoms with van der Waals surface area (Å²) in [4.78, 5) is 21.8. The molecule has 0 saturated carbocycles. The maximum atomic E-state index is 11.0. The molecular formula is C10H14O3. The molecule has 1 rings (SSSR count). The summed E-state index contributed by atoms with van der Waals surface area (Å²) in [6.07, 6.45) is 2.94. The molecule has 72 valence electrons. The number of esters is 1. The van der Waals surface area contributed by atoms with Crippen LogP contribution < -0.4 is 0 Å². The molecule has 0 amide bonds. The SMILES string of the molecule is CC(C)CCC1=CC(=O)CC(=O)O1. The van der Waals surface area contributed by atoms with Gasteiger partial charge in [-0.1, -0.05) is 13.8 Å². The quantitative estimate of drug-likeness (QED) is 0.494. The van der Waals surface area contributed by atoms with E-state index in [1.807, 2.05) is 0 Å². The second-order valence-electron chi connectivity index (χ2n) is 3.66. The molecule has 1 aliphatic heterocycles. The molecule has 1 aliphatic rings. The molecule has 1 heterocycles. The van der Waals surface area contributed by atoms with E-state index in [2.05, 4.69) is 13.8 Å².